The second kappa shape index (κ2) is 6.09. The van der Waals surface area contributed by atoms with Gasteiger partial charge in [0.2, 0.25) is 5.78 Å². The molecule has 3 rings (SSSR count). The normalized spacial score (nSPS) is 11.0. The number of nitrogens with one attached hydrogen (secondary N) is 1. The number of halogens is 1. The maximum Gasteiger partial charge on any atom is 0.307 e. The Labute approximate surface area is 143 Å². The number of aryl methyl sites for hydroxylation is 2. The first-order valence-corrected chi connectivity index (χ1v) is 7.74. The molecule has 2 heterocycles. The standard InChI is InChI=1S/C18H15ClN2O3/c1-9-5-15(20-8-10(9)2)18(24)17-13(7-16(22)23)12-6-11(19)3-4-14(12)21-17/h3-6,8,21H,7H2,1-2H3,(H,22,23). The Balaban J connectivity index is 2.18. The van der Waals surface area contributed by atoms with E-state index >= 15 is 0 Å². The van der Waals surface area contributed by atoms with Crippen molar-refractivity contribution in [2.45, 2.75) is 20.3 Å². The predicted molar refractivity (Wildman–Crippen MR) is 91.8 cm³/mol. The first-order valence-electron chi connectivity index (χ1n) is 7.36. The number of H-pyrrole nitrogens is 1. The van der Waals surface area contributed by atoms with E-state index in [1.165, 1.54) is 0 Å². The summed E-state index contributed by atoms with van der Waals surface area (Å²) in [6.45, 7) is 3.81. The number of aromatic amines is 1. The number of ketones is 1. The number of carboxylic acids is 1. The van der Waals surface area contributed by atoms with E-state index in [2.05, 4.69) is 9.97 Å². The smallest absolute Gasteiger partial charge is 0.307 e. The molecule has 2 aromatic heterocycles. The van der Waals surface area contributed by atoms with Crippen LogP contribution in [0.3, 0.4) is 0 Å². The Morgan fingerprint density at radius 2 is 1.96 bits per heavy atom. The lowest BCUT2D eigenvalue weighted by Gasteiger charge is -2.04. The summed E-state index contributed by atoms with van der Waals surface area (Å²) in [4.78, 5) is 31.3. The van der Waals surface area contributed by atoms with Crippen LogP contribution in [0.1, 0.15) is 32.9 Å². The van der Waals surface area contributed by atoms with Crippen LogP contribution in [0.5, 0.6) is 0 Å². The summed E-state index contributed by atoms with van der Waals surface area (Å²) in [5.74, 6) is -1.35. The molecule has 0 fully saturated rings. The van der Waals surface area contributed by atoms with Gasteiger partial charge in [-0.25, -0.2) is 0 Å². The number of rotatable bonds is 4. The zero-order valence-electron chi connectivity index (χ0n) is 13.2. The summed E-state index contributed by atoms with van der Waals surface area (Å²) < 4.78 is 0. The minimum atomic E-state index is -1.02. The maximum absolute atomic E-state index is 12.8. The van der Waals surface area contributed by atoms with Gasteiger partial charge in [0.1, 0.15) is 5.69 Å². The molecular formula is C18H15ClN2O3. The summed E-state index contributed by atoms with van der Waals surface area (Å²) in [7, 11) is 0. The van der Waals surface area contributed by atoms with Crippen molar-refractivity contribution in [3.05, 3.63) is 63.6 Å². The molecule has 1 aromatic carbocycles. The molecule has 3 aromatic rings. The molecule has 0 atom stereocenters. The van der Waals surface area contributed by atoms with Crippen molar-refractivity contribution < 1.29 is 14.7 Å². The molecule has 0 saturated carbocycles. The first-order chi connectivity index (χ1) is 11.4. The molecule has 2 N–H and O–H groups in total. The monoisotopic (exact) mass is 342 g/mol. The molecule has 0 aliphatic rings. The largest absolute Gasteiger partial charge is 0.481 e. The van der Waals surface area contributed by atoms with Gasteiger partial charge in [0.15, 0.2) is 0 Å². The lowest BCUT2D eigenvalue weighted by atomic mass is 10.0. The number of benzene rings is 1. The molecule has 0 spiro atoms. The van der Waals surface area contributed by atoms with E-state index in [-0.39, 0.29) is 23.6 Å². The van der Waals surface area contributed by atoms with E-state index in [9.17, 15) is 14.7 Å². The lowest BCUT2D eigenvalue weighted by Crippen LogP contribution is -2.10. The van der Waals surface area contributed by atoms with Crippen LogP contribution in [0.25, 0.3) is 10.9 Å². The van der Waals surface area contributed by atoms with Crippen molar-refractivity contribution in [3.63, 3.8) is 0 Å². The Morgan fingerprint density at radius 3 is 2.62 bits per heavy atom. The fraction of sp³-hybridized carbons (Fsp3) is 0.167. The van der Waals surface area contributed by atoms with Gasteiger partial charge in [0.05, 0.1) is 12.1 Å². The predicted octanol–water partition coefficient (Wildman–Crippen LogP) is 3.69. The van der Waals surface area contributed by atoms with Crippen molar-refractivity contribution in [1.29, 1.82) is 0 Å². The number of pyridine rings is 1. The van der Waals surface area contributed by atoms with Crippen molar-refractivity contribution >= 4 is 34.3 Å². The van der Waals surface area contributed by atoms with E-state index in [1.807, 2.05) is 13.8 Å². The van der Waals surface area contributed by atoms with Crippen LogP contribution in [-0.4, -0.2) is 26.8 Å². The van der Waals surface area contributed by atoms with E-state index < -0.39 is 5.97 Å². The molecule has 0 saturated heterocycles. The summed E-state index contributed by atoms with van der Waals surface area (Å²) in [6, 6.07) is 6.79. The van der Waals surface area contributed by atoms with E-state index in [0.29, 0.717) is 21.5 Å². The fourth-order valence-electron chi connectivity index (χ4n) is 2.63. The van der Waals surface area contributed by atoms with Crippen molar-refractivity contribution in [2.75, 3.05) is 0 Å². The quantitative estimate of drug-likeness (QED) is 0.708. The van der Waals surface area contributed by atoms with Gasteiger partial charge in [-0.15, -0.1) is 0 Å². The second-order valence-electron chi connectivity index (χ2n) is 5.72. The fourth-order valence-corrected chi connectivity index (χ4v) is 2.80. The third-order valence-corrected chi connectivity index (χ3v) is 4.26. The zero-order chi connectivity index (χ0) is 17.4. The van der Waals surface area contributed by atoms with E-state index in [4.69, 9.17) is 11.6 Å². The summed E-state index contributed by atoms with van der Waals surface area (Å²) in [5, 5.41) is 10.3. The van der Waals surface area contributed by atoms with Gasteiger partial charge in [0.25, 0.3) is 0 Å². The van der Waals surface area contributed by atoms with Crippen LogP contribution in [0.15, 0.2) is 30.5 Å². The van der Waals surface area contributed by atoms with Gasteiger partial charge in [-0.05, 0) is 49.2 Å². The van der Waals surface area contributed by atoms with Gasteiger partial charge in [0, 0.05) is 27.7 Å². The molecule has 0 bridgehead atoms. The van der Waals surface area contributed by atoms with Gasteiger partial charge < -0.3 is 10.1 Å². The van der Waals surface area contributed by atoms with Gasteiger partial charge >= 0.3 is 5.97 Å². The Hall–Kier alpha value is -2.66. The Kier molecular flexibility index (Phi) is 4.11. The first kappa shape index (κ1) is 16.2. The highest BCUT2D eigenvalue weighted by atomic mass is 35.5. The molecule has 0 aliphatic carbocycles. The summed E-state index contributed by atoms with van der Waals surface area (Å²) in [6.07, 6.45) is 1.37. The lowest BCUT2D eigenvalue weighted by molar-refractivity contribution is -0.136. The van der Waals surface area contributed by atoms with Crippen LogP contribution in [0.4, 0.5) is 0 Å². The molecule has 0 unspecified atom stereocenters. The molecule has 122 valence electrons. The zero-order valence-corrected chi connectivity index (χ0v) is 13.9. The molecule has 24 heavy (non-hydrogen) atoms. The van der Waals surface area contributed by atoms with Crippen molar-refractivity contribution in [3.8, 4) is 0 Å². The molecule has 0 radical (unpaired) electrons. The Morgan fingerprint density at radius 1 is 1.21 bits per heavy atom. The number of aliphatic carboxylic acids is 1. The molecule has 0 amide bonds. The minimum absolute atomic E-state index is 0.241. The summed E-state index contributed by atoms with van der Waals surface area (Å²) >= 11 is 6.01. The van der Waals surface area contributed by atoms with Crippen LogP contribution in [0.2, 0.25) is 5.02 Å². The van der Waals surface area contributed by atoms with Crippen molar-refractivity contribution in [1.82, 2.24) is 9.97 Å². The third-order valence-electron chi connectivity index (χ3n) is 4.03. The number of fused-ring (bicyclic) bond motifs is 1. The molecular weight excluding hydrogens is 328 g/mol. The van der Waals surface area contributed by atoms with Crippen LogP contribution in [0, 0.1) is 13.8 Å². The number of aromatic nitrogens is 2. The second-order valence-corrected chi connectivity index (χ2v) is 6.16. The minimum Gasteiger partial charge on any atom is -0.481 e. The number of carboxylic acid groups (broad SMARTS) is 1. The molecule has 0 aliphatic heterocycles. The van der Waals surface area contributed by atoms with Crippen LogP contribution < -0.4 is 0 Å². The number of carbonyl (C=O) groups is 2. The molecule has 5 nitrogen and oxygen atoms in total. The van der Waals surface area contributed by atoms with Crippen LogP contribution in [-0.2, 0) is 11.2 Å². The number of carbonyl (C=O) groups excluding carboxylic acids is 1. The highest BCUT2D eigenvalue weighted by Crippen LogP contribution is 2.27. The average Bonchev–Trinajstić information content (AvgIpc) is 2.87. The maximum atomic E-state index is 12.8. The number of nitrogens with zero attached hydrogens (tertiary/aromatic N) is 1. The van der Waals surface area contributed by atoms with Gasteiger partial charge in [-0.2, -0.15) is 0 Å². The highest BCUT2D eigenvalue weighted by molar-refractivity contribution is 6.31. The number of hydrogen-bond donors (Lipinski definition) is 2. The number of hydrogen-bond acceptors (Lipinski definition) is 3. The Bertz CT molecular complexity index is 976. The van der Waals surface area contributed by atoms with Gasteiger partial charge in [-0.3, -0.25) is 14.6 Å². The SMILES string of the molecule is Cc1cnc(C(=O)c2[nH]c3ccc(Cl)cc3c2CC(=O)O)cc1C. The van der Waals surface area contributed by atoms with E-state index in [1.54, 1.807) is 30.5 Å². The van der Waals surface area contributed by atoms with Gasteiger partial charge in [-0.1, -0.05) is 11.6 Å². The third kappa shape index (κ3) is 2.90. The highest BCUT2D eigenvalue weighted by Gasteiger charge is 2.22. The summed E-state index contributed by atoms with van der Waals surface area (Å²) in [5.41, 5.74) is 3.55. The van der Waals surface area contributed by atoms with Crippen molar-refractivity contribution in [2.24, 2.45) is 0 Å². The van der Waals surface area contributed by atoms with E-state index in [0.717, 1.165) is 11.1 Å². The average molecular weight is 343 g/mol. The topological polar surface area (TPSA) is 83.0 Å². The van der Waals surface area contributed by atoms with Crippen LogP contribution >= 0.6 is 11.6 Å². The molecule has 6 heteroatoms.